The number of hydrogen-bond donors (Lipinski definition) is 0. The molecule has 0 fully saturated rings. The topological polar surface area (TPSA) is 9.23 Å². The average molecular weight is 443 g/mol. The highest BCUT2D eigenvalue weighted by Gasteiger charge is 2.18. The normalized spacial score (nSPS) is 12.9. The van der Waals surface area contributed by atoms with Gasteiger partial charge < -0.3 is 18.2 Å². The lowest BCUT2D eigenvalue weighted by molar-refractivity contribution is -0.907. The molecule has 0 unspecified atom stereocenters. The molecule has 0 aliphatic rings. The Hall–Kier alpha value is -1.72. The summed E-state index contributed by atoms with van der Waals surface area (Å²) in [6.07, 6.45) is 1.10. The number of likely N-dealkylation sites (N-methyl/N-ethyl adjacent to an activating group) is 2. The van der Waals surface area contributed by atoms with Crippen LogP contribution >= 0.6 is 0 Å². The van der Waals surface area contributed by atoms with Crippen molar-refractivity contribution in [3.8, 4) is 0 Å². The largest absolute Gasteiger partial charge is 0.370 e. The van der Waals surface area contributed by atoms with Gasteiger partial charge in [-0.05, 0) is 12.0 Å². The van der Waals surface area contributed by atoms with Crippen molar-refractivity contribution < 1.29 is 18.2 Å². The summed E-state index contributed by atoms with van der Waals surface area (Å²) in [5, 5.41) is 0. The van der Waals surface area contributed by atoms with Gasteiger partial charge >= 0.3 is 0 Å². The third-order valence-corrected chi connectivity index (χ3v) is 6.01. The van der Waals surface area contributed by atoms with Crippen molar-refractivity contribution in [3.63, 3.8) is 0 Å². The molecule has 0 saturated carbocycles. The lowest BCUT2D eigenvalue weighted by Crippen LogP contribution is -2.43. The fourth-order valence-corrected chi connectivity index (χ4v) is 4.05. The molecule has 0 saturated heterocycles. The van der Waals surface area contributed by atoms with Crippen LogP contribution in [0.15, 0.2) is 48.5 Å². The predicted molar refractivity (Wildman–Crippen MR) is 136 cm³/mol. The van der Waals surface area contributed by atoms with Gasteiger partial charge in [-0.3, -0.25) is 0 Å². The molecule has 4 nitrogen and oxygen atoms in total. The van der Waals surface area contributed by atoms with E-state index in [4.69, 9.17) is 4.74 Å². The van der Waals surface area contributed by atoms with Crippen molar-refractivity contribution in [2.75, 3.05) is 75.6 Å². The quantitative estimate of drug-likeness (QED) is 0.331. The minimum absolute atomic E-state index is 0.803. The summed E-state index contributed by atoms with van der Waals surface area (Å²) in [6, 6.07) is 18.2. The summed E-state index contributed by atoms with van der Waals surface area (Å²) in [4.78, 5) is 0. The van der Waals surface area contributed by atoms with Gasteiger partial charge in [-0.1, -0.05) is 55.5 Å². The first-order valence-electron chi connectivity index (χ1n) is 12.1. The third-order valence-electron chi connectivity index (χ3n) is 6.01. The van der Waals surface area contributed by atoms with Gasteiger partial charge in [0.15, 0.2) is 0 Å². The van der Waals surface area contributed by atoms with Gasteiger partial charge in [0, 0.05) is 16.7 Å². The Morgan fingerprint density at radius 1 is 0.531 bits per heavy atom. The molecule has 178 valence electrons. The molecule has 2 rings (SSSR count). The van der Waals surface area contributed by atoms with Gasteiger partial charge in [0.05, 0.1) is 62.5 Å². The minimum Gasteiger partial charge on any atom is -0.370 e. The summed E-state index contributed by atoms with van der Waals surface area (Å²) in [5.74, 6) is 0. The van der Waals surface area contributed by atoms with E-state index < -0.39 is 0 Å². The van der Waals surface area contributed by atoms with Crippen LogP contribution < -0.4 is 0 Å². The number of benzene rings is 2. The zero-order chi connectivity index (χ0) is 23.8. The number of hydrogen-bond acceptors (Lipinski definition) is 1. The van der Waals surface area contributed by atoms with E-state index in [1.165, 1.54) is 22.3 Å². The Morgan fingerprint density at radius 3 is 1.22 bits per heavy atom. The predicted octanol–water partition coefficient (Wildman–Crippen LogP) is 4.32. The number of rotatable bonds is 13. The summed E-state index contributed by atoms with van der Waals surface area (Å²) in [5.41, 5.74) is 5.60. The number of quaternary nitrogens is 3. The van der Waals surface area contributed by atoms with Crippen molar-refractivity contribution in [2.24, 2.45) is 0 Å². The van der Waals surface area contributed by atoms with Crippen LogP contribution in [0.3, 0.4) is 0 Å². The molecular formula is C28H48N3O+3. The van der Waals surface area contributed by atoms with Crippen LogP contribution in [0.25, 0.3) is 0 Å². The van der Waals surface area contributed by atoms with E-state index in [0.29, 0.717) is 0 Å². The number of aryl methyl sites for hydroxylation is 1. The average Bonchev–Trinajstić information content (AvgIpc) is 2.68. The Balaban J connectivity index is 1.71. The third kappa shape index (κ3) is 10.3. The molecule has 0 radical (unpaired) electrons. The van der Waals surface area contributed by atoms with Gasteiger partial charge in [-0.25, -0.2) is 0 Å². The van der Waals surface area contributed by atoms with E-state index in [2.05, 4.69) is 105 Å². The minimum atomic E-state index is 0.803. The fraction of sp³-hybridized carbons (Fsp3) is 0.571. The van der Waals surface area contributed by atoms with E-state index in [1.807, 2.05) is 0 Å². The lowest BCUT2D eigenvalue weighted by Gasteiger charge is -2.31. The van der Waals surface area contributed by atoms with Gasteiger partial charge in [-0.2, -0.15) is 0 Å². The first-order valence-corrected chi connectivity index (χ1v) is 12.1. The molecule has 0 aliphatic carbocycles. The Kier molecular flexibility index (Phi) is 9.47. The monoisotopic (exact) mass is 442 g/mol. The first kappa shape index (κ1) is 26.5. The van der Waals surface area contributed by atoms with Crippen LogP contribution in [0.5, 0.6) is 0 Å². The molecule has 0 aliphatic heterocycles. The molecule has 2 aromatic rings. The first-order chi connectivity index (χ1) is 14.9. The van der Waals surface area contributed by atoms with Crippen LogP contribution in [-0.4, -0.2) is 89.1 Å². The Morgan fingerprint density at radius 2 is 0.875 bits per heavy atom. The van der Waals surface area contributed by atoms with Crippen molar-refractivity contribution in [1.29, 1.82) is 0 Å². The molecule has 4 heteroatoms. The number of ether oxygens (including phenoxy) is 1. The Labute approximate surface area is 197 Å². The fourth-order valence-electron chi connectivity index (χ4n) is 4.05. The number of nitrogens with zero attached hydrogens (tertiary/aromatic N) is 3. The standard InChI is InChI=1S/C28H48N3O/c1-9-25-10-12-27(13-11-25)23-30(5,6)18-20-32-21-19-31(7,8)24-28-16-14-26(15-17-28)22-29(2,3)4/h10-17H,9,18-24H2,1-8H3/q+3. The molecule has 0 spiro atoms. The van der Waals surface area contributed by atoms with Gasteiger partial charge in [-0.15, -0.1) is 0 Å². The highest BCUT2D eigenvalue weighted by atomic mass is 16.5. The molecule has 32 heavy (non-hydrogen) atoms. The lowest BCUT2D eigenvalue weighted by atomic mass is 10.1. The summed E-state index contributed by atoms with van der Waals surface area (Å²) in [6.45, 7) is 8.99. The van der Waals surface area contributed by atoms with E-state index in [9.17, 15) is 0 Å². The maximum atomic E-state index is 6.06. The van der Waals surface area contributed by atoms with E-state index in [1.54, 1.807) is 0 Å². The molecule has 2 aromatic carbocycles. The van der Waals surface area contributed by atoms with Crippen LogP contribution in [0, 0.1) is 0 Å². The second-order valence-electron chi connectivity index (χ2n) is 11.7. The van der Waals surface area contributed by atoms with E-state index in [0.717, 1.165) is 65.8 Å². The smallest absolute Gasteiger partial charge is 0.104 e. The van der Waals surface area contributed by atoms with Crippen molar-refractivity contribution in [1.82, 2.24) is 0 Å². The second-order valence-corrected chi connectivity index (χ2v) is 11.7. The van der Waals surface area contributed by atoms with Gasteiger partial charge in [0.2, 0.25) is 0 Å². The van der Waals surface area contributed by atoms with Crippen LogP contribution in [0.4, 0.5) is 0 Å². The maximum Gasteiger partial charge on any atom is 0.104 e. The van der Waals surface area contributed by atoms with Crippen molar-refractivity contribution in [3.05, 3.63) is 70.8 Å². The van der Waals surface area contributed by atoms with Crippen LogP contribution in [0.1, 0.15) is 29.2 Å². The highest BCUT2D eigenvalue weighted by molar-refractivity contribution is 5.22. The van der Waals surface area contributed by atoms with Gasteiger partial charge in [0.1, 0.15) is 32.7 Å². The van der Waals surface area contributed by atoms with Crippen molar-refractivity contribution >= 4 is 0 Å². The maximum absolute atomic E-state index is 6.06. The summed E-state index contributed by atoms with van der Waals surface area (Å²) >= 11 is 0. The molecule has 0 N–H and O–H groups in total. The zero-order valence-corrected chi connectivity index (χ0v) is 22.0. The van der Waals surface area contributed by atoms with E-state index in [-0.39, 0.29) is 0 Å². The second kappa shape index (κ2) is 11.4. The summed E-state index contributed by atoms with van der Waals surface area (Å²) < 4.78 is 8.90. The highest BCUT2D eigenvalue weighted by Crippen LogP contribution is 2.14. The van der Waals surface area contributed by atoms with Crippen LogP contribution in [-0.2, 0) is 30.8 Å². The summed E-state index contributed by atoms with van der Waals surface area (Å²) in [7, 11) is 15.9. The molecule has 0 heterocycles. The SMILES string of the molecule is CCc1ccc(C[N+](C)(C)CCOCC[N+](C)(C)Cc2ccc(C[N+](C)(C)C)cc2)cc1. The molecule has 0 aromatic heterocycles. The molecule has 0 bridgehead atoms. The zero-order valence-electron chi connectivity index (χ0n) is 22.0. The van der Waals surface area contributed by atoms with Crippen LogP contribution in [0.2, 0.25) is 0 Å². The molecule has 0 amide bonds. The Bertz CT molecular complexity index is 802. The molecule has 0 atom stereocenters. The molecular weight excluding hydrogens is 394 g/mol. The van der Waals surface area contributed by atoms with Gasteiger partial charge in [0.25, 0.3) is 0 Å². The van der Waals surface area contributed by atoms with Crippen molar-refractivity contribution in [2.45, 2.75) is 33.0 Å². The van der Waals surface area contributed by atoms with E-state index >= 15 is 0 Å².